The average Bonchev–Trinajstić information content (AvgIpc) is 2.69. The van der Waals surface area contributed by atoms with Crippen molar-refractivity contribution in [1.82, 2.24) is 10.2 Å². The summed E-state index contributed by atoms with van der Waals surface area (Å²) < 4.78 is 16.1. The molecule has 1 N–H and O–H groups in total. The highest BCUT2D eigenvalue weighted by Gasteiger charge is 2.12. The van der Waals surface area contributed by atoms with E-state index >= 15 is 0 Å². The molecule has 1 amide bonds. The first-order valence-corrected chi connectivity index (χ1v) is 9.15. The molecule has 1 aliphatic heterocycles. The van der Waals surface area contributed by atoms with Crippen LogP contribution in [0.2, 0.25) is 0 Å². The summed E-state index contributed by atoms with van der Waals surface area (Å²) in [7, 11) is 1.57. The fourth-order valence-electron chi connectivity index (χ4n) is 2.55. The van der Waals surface area contributed by atoms with Crippen LogP contribution in [0.1, 0.15) is 30.1 Å². The minimum Gasteiger partial charge on any atom is -0.497 e. The number of benzene rings is 1. The third-order valence-corrected chi connectivity index (χ3v) is 3.99. The van der Waals surface area contributed by atoms with Crippen molar-refractivity contribution in [2.24, 2.45) is 4.99 Å². The van der Waals surface area contributed by atoms with Crippen LogP contribution in [-0.4, -0.2) is 69.9 Å². The molecule has 0 unspecified atom stereocenters. The number of hydrogen-bond donors (Lipinski definition) is 1. The van der Waals surface area contributed by atoms with Crippen LogP contribution in [-0.2, 0) is 9.47 Å². The molecular formula is C19H29N3O4. The number of morpholine rings is 1. The quantitative estimate of drug-likeness (QED) is 0.434. The Kier molecular flexibility index (Phi) is 8.92. The van der Waals surface area contributed by atoms with Gasteiger partial charge in [0.25, 0.3) is 11.9 Å². The Morgan fingerprint density at radius 1 is 1.35 bits per heavy atom. The molecule has 0 spiro atoms. The van der Waals surface area contributed by atoms with Gasteiger partial charge in [-0.3, -0.25) is 15.0 Å². The lowest BCUT2D eigenvalue weighted by molar-refractivity contribution is 0.0377. The average molecular weight is 363 g/mol. The lowest BCUT2D eigenvalue weighted by Gasteiger charge is -2.26. The van der Waals surface area contributed by atoms with Crippen molar-refractivity contribution in [3.05, 3.63) is 29.8 Å². The highest BCUT2D eigenvalue weighted by atomic mass is 16.5. The number of hydrogen-bond acceptors (Lipinski definition) is 6. The molecule has 0 aromatic heterocycles. The Morgan fingerprint density at radius 3 is 2.88 bits per heavy atom. The fraction of sp³-hybridized carbons (Fsp3) is 0.579. The van der Waals surface area contributed by atoms with Gasteiger partial charge in [-0.25, -0.2) is 4.99 Å². The molecule has 144 valence electrons. The van der Waals surface area contributed by atoms with Gasteiger partial charge < -0.3 is 14.2 Å². The molecule has 0 radical (unpaired) electrons. The van der Waals surface area contributed by atoms with Crippen LogP contribution in [0.25, 0.3) is 0 Å². The smallest absolute Gasteiger partial charge is 0.291 e. The summed E-state index contributed by atoms with van der Waals surface area (Å²) in [5.74, 6) is 0.378. The summed E-state index contributed by atoms with van der Waals surface area (Å²) in [4.78, 5) is 19.2. The third kappa shape index (κ3) is 7.01. The third-order valence-electron chi connectivity index (χ3n) is 3.99. The first-order valence-electron chi connectivity index (χ1n) is 9.15. The first-order chi connectivity index (χ1) is 12.7. The predicted octanol–water partition coefficient (Wildman–Crippen LogP) is 1.93. The lowest BCUT2D eigenvalue weighted by atomic mass is 10.2. The van der Waals surface area contributed by atoms with Gasteiger partial charge in [-0.05, 0) is 31.0 Å². The molecule has 1 heterocycles. The van der Waals surface area contributed by atoms with Gasteiger partial charge in [0.05, 0.1) is 26.9 Å². The minimum absolute atomic E-state index is 0.257. The summed E-state index contributed by atoms with van der Waals surface area (Å²) in [5.41, 5.74) is 0.505. The summed E-state index contributed by atoms with van der Waals surface area (Å²) in [6.07, 6.45) is 1.76. The summed E-state index contributed by atoms with van der Waals surface area (Å²) in [5, 5.41) is 2.76. The maximum atomic E-state index is 12.4. The number of amides is 1. The lowest BCUT2D eigenvalue weighted by Crippen LogP contribution is -2.37. The highest BCUT2D eigenvalue weighted by molar-refractivity contribution is 6.04. The number of nitrogens with zero attached hydrogens (tertiary/aromatic N) is 2. The normalized spacial score (nSPS) is 15.5. The van der Waals surface area contributed by atoms with Crippen LogP contribution in [0.5, 0.6) is 5.75 Å². The van der Waals surface area contributed by atoms with Crippen molar-refractivity contribution in [1.29, 1.82) is 0 Å². The van der Waals surface area contributed by atoms with E-state index in [2.05, 4.69) is 15.2 Å². The van der Waals surface area contributed by atoms with E-state index in [4.69, 9.17) is 14.2 Å². The van der Waals surface area contributed by atoms with Crippen LogP contribution in [0.3, 0.4) is 0 Å². The van der Waals surface area contributed by atoms with Gasteiger partial charge in [0, 0.05) is 31.7 Å². The van der Waals surface area contributed by atoms with E-state index in [-0.39, 0.29) is 11.9 Å². The van der Waals surface area contributed by atoms with Gasteiger partial charge in [0.1, 0.15) is 5.75 Å². The second-order valence-corrected chi connectivity index (χ2v) is 6.03. The Balaban J connectivity index is 1.86. The summed E-state index contributed by atoms with van der Waals surface area (Å²) >= 11 is 0. The summed E-state index contributed by atoms with van der Waals surface area (Å²) in [6, 6.07) is 7.27. The van der Waals surface area contributed by atoms with E-state index < -0.39 is 0 Å². The number of amidine groups is 1. The molecule has 1 aromatic rings. The molecule has 7 heteroatoms. The van der Waals surface area contributed by atoms with Gasteiger partial charge in [0.2, 0.25) is 0 Å². The first kappa shape index (κ1) is 20.2. The second-order valence-electron chi connectivity index (χ2n) is 6.03. The predicted molar refractivity (Wildman–Crippen MR) is 101 cm³/mol. The largest absolute Gasteiger partial charge is 0.497 e. The standard InChI is InChI=1S/C19H29N3O4/c1-3-12-26-19(20-8-5-9-22-10-13-25-14-11-22)21-18(23)16-6-4-7-17(15-16)24-2/h4,6-7,15H,3,5,8-14H2,1-2H3,(H,20,21,23). The van der Waals surface area contributed by atoms with E-state index in [0.29, 0.717) is 24.5 Å². The number of ether oxygens (including phenoxy) is 3. The van der Waals surface area contributed by atoms with E-state index in [1.165, 1.54) is 0 Å². The van der Waals surface area contributed by atoms with Gasteiger partial charge in [-0.1, -0.05) is 13.0 Å². The Bertz CT molecular complexity index is 586. The number of methoxy groups -OCH3 is 1. The van der Waals surface area contributed by atoms with Gasteiger partial charge in [-0.15, -0.1) is 0 Å². The number of carbonyl (C=O) groups is 1. The van der Waals surface area contributed by atoms with Crippen LogP contribution < -0.4 is 10.1 Å². The number of carbonyl (C=O) groups excluding carboxylic acids is 1. The topological polar surface area (TPSA) is 72.4 Å². The maximum Gasteiger partial charge on any atom is 0.291 e. The molecule has 1 fully saturated rings. The molecule has 26 heavy (non-hydrogen) atoms. The molecule has 1 aromatic carbocycles. The molecule has 0 saturated carbocycles. The van der Waals surface area contributed by atoms with Crippen LogP contribution in [0.15, 0.2) is 29.3 Å². The molecule has 0 atom stereocenters. The van der Waals surface area contributed by atoms with Gasteiger partial charge in [0.15, 0.2) is 0 Å². The molecule has 7 nitrogen and oxygen atoms in total. The highest BCUT2D eigenvalue weighted by Crippen LogP contribution is 2.12. The second kappa shape index (κ2) is 11.5. The Hall–Kier alpha value is -2.12. The summed E-state index contributed by atoms with van der Waals surface area (Å²) in [6.45, 7) is 7.63. The van der Waals surface area contributed by atoms with Crippen molar-refractivity contribution in [3.63, 3.8) is 0 Å². The maximum absolute atomic E-state index is 12.4. The van der Waals surface area contributed by atoms with Crippen molar-refractivity contribution in [2.45, 2.75) is 19.8 Å². The minimum atomic E-state index is -0.257. The zero-order valence-corrected chi connectivity index (χ0v) is 15.7. The van der Waals surface area contributed by atoms with Crippen molar-refractivity contribution in [3.8, 4) is 5.75 Å². The molecule has 0 bridgehead atoms. The molecule has 2 rings (SSSR count). The number of aliphatic imine (C=N–C) groups is 1. The SMILES string of the molecule is CCCOC(=NCCCN1CCOCC1)NC(=O)c1cccc(OC)c1. The van der Waals surface area contributed by atoms with E-state index in [1.807, 2.05) is 6.92 Å². The zero-order valence-electron chi connectivity index (χ0n) is 15.7. The van der Waals surface area contributed by atoms with Crippen LogP contribution >= 0.6 is 0 Å². The molecular weight excluding hydrogens is 334 g/mol. The van der Waals surface area contributed by atoms with Gasteiger partial charge >= 0.3 is 0 Å². The molecule has 0 aliphatic carbocycles. The van der Waals surface area contributed by atoms with Crippen LogP contribution in [0.4, 0.5) is 0 Å². The van der Waals surface area contributed by atoms with E-state index in [1.54, 1.807) is 31.4 Å². The molecule has 1 saturated heterocycles. The zero-order chi connectivity index (χ0) is 18.6. The van der Waals surface area contributed by atoms with E-state index in [0.717, 1.165) is 45.7 Å². The van der Waals surface area contributed by atoms with Crippen LogP contribution in [0, 0.1) is 0 Å². The van der Waals surface area contributed by atoms with E-state index in [9.17, 15) is 4.79 Å². The van der Waals surface area contributed by atoms with Crippen molar-refractivity contribution < 1.29 is 19.0 Å². The number of rotatable bonds is 8. The Morgan fingerprint density at radius 2 is 2.15 bits per heavy atom. The molecule has 1 aliphatic rings. The van der Waals surface area contributed by atoms with Crippen molar-refractivity contribution in [2.75, 3.05) is 53.1 Å². The van der Waals surface area contributed by atoms with Gasteiger partial charge in [-0.2, -0.15) is 0 Å². The number of nitrogens with one attached hydrogen (secondary N) is 1. The fourth-order valence-corrected chi connectivity index (χ4v) is 2.55. The van der Waals surface area contributed by atoms with Crippen molar-refractivity contribution >= 4 is 11.9 Å². The Labute approximate surface area is 155 Å². The monoisotopic (exact) mass is 363 g/mol.